The largest absolute Gasteiger partial charge is 0.481 e. The highest BCUT2D eigenvalue weighted by atomic mass is 16.4. The second-order valence-electron chi connectivity index (χ2n) is 5.59. The predicted molar refractivity (Wildman–Crippen MR) is 76.4 cm³/mol. The molecule has 0 atom stereocenters. The molecule has 0 heterocycles. The number of carboxylic acids is 1. The van der Waals surface area contributed by atoms with Gasteiger partial charge in [-0.05, 0) is 37.7 Å². The summed E-state index contributed by atoms with van der Waals surface area (Å²) in [6.07, 6.45) is 4.71. The van der Waals surface area contributed by atoms with Crippen LogP contribution in [0.2, 0.25) is 0 Å². The van der Waals surface area contributed by atoms with Crippen LogP contribution in [0.4, 0.5) is 0 Å². The maximum absolute atomic E-state index is 11.9. The SMILES string of the molecule is O=C(O)CCCCC(=O)NC1(Cc2ccccc2)CC1. The highest BCUT2D eigenvalue weighted by Gasteiger charge is 2.43. The summed E-state index contributed by atoms with van der Waals surface area (Å²) in [5.74, 6) is -0.753. The van der Waals surface area contributed by atoms with E-state index in [1.807, 2.05) is 18.2 Å². The number of carboxylic acid groups (broad SMARTS) is 1. The first-order valence-corrected chi connectivity index (χ1v) is 7.16. The van der Waals surface area contributed by atoms with Gasteiger partial charge in [-0.15, -0.1) is 0 Å². The Bertz CT molecular complexity index is 466. The van der Waals surface area contributed by atoms with Gasteiger partial charge in [-0.2, -0.15) is 0 Å². The molecule has 2 N–H and O–H groups in total. The molecule has 1 aliphatic carbocycles. The lowest BCUT2D eigenvalue weighted by Gasteiger charge is -2.17. The van der Waals surface area contributed by atoms with E-state index in [-0.39, 0.29) is 17.9 Å². The monoisotopic (exact) mass is 275 g/mol. The fourth-order valence-corrected chi connectivity index (χ4v) is 2.40. The smallest absolute Gasteiger partial charge is 0.303 e. The van der Waals surface area contributed by atoms with Crippen LogP contribution in [0, 0.1) is 0 Å². The van der Waals surface area contributed by atoms with Crippen molar-refractivity contribution in [1.29, 1.82) is 0 Å². The normalized spacial score (nSPS) is 15.6. The van der Waals surface area contributed by atoms with Crippen molar-refractivity contribution in [1.82, 2.24) is 5.32 Å². The van der Waals surface area contributed by atoms with Crippen molar-refractivity contribution < 1.29 is 14.7 Å². The molecule has 1 amide bonds. The second-order valence-corrected chi connectivity index (χ2v) is 5.59. The van der Waals surface area contributed by atoms with Gasteiger partial charge in [0.15, 0.2) is 0 Å². The van der Waals surface area contributed by atoms with Crippen LogP contribution in [0.15, 0.2) is 30.3 Å². The Kier molecular flexibility index (Phi) is 4.77. The van der Waals surface area contributed by atoms with Gasteiger partial charge in [0.1, 0.15) is 0 Å². The van der Waals surface area contributed by atoms with Crippen LogP contribution in [0.25, 0.3) is 0 Å². The van der Waals surface area contributed by atoms with E-state index >= 15 is 0 Å². The molecular weight excluding hydrogens is 254 g/mol. The number of hydrogen-bond donors (Lipinski definition) is 2. The lowest BCUT2D eigenvalue weighted by Crippen LogP contribution is -2.38. The number of aliphatic carboxylic acids is 1. The maximum Gasteiger partial charge on any atom is 0.303 e. The van der Waals surface area contributed by atoms with Crippen molar-refractivity contribution in [2.24, 2.45) is 0 Å². The first-order valence-electron chi connectivity index (χ1n) is 7.16. The van der Waals surface area contributed by atoms with E-state index in [4.69, 9.17) is 5.11 Å². The molecule has 2 rings (SSSR count). The molecule has 1 saturated carbocycles. The highest BCUT2D eigenvalue weighted by Crippen LogP contribution is 2.38. The van der Waals surface area contributed by atoms with E-state index in [2.05, 4.69) is 17.4 Å². The Morgan fingerprint density at radius 3 is 2.35 bits per heavy atom. The number of carbonyl (C=O) groups excluding carboxylic acids is 1. The predicted octanol–water partition coefficient (Wildman–Crippen LogP) is 2.52. The molecule has 0 spiro atoms. The summed E-state index contributed by atoms with van der Waals surface area (Å²) in [7, 11) is 0. The quantitative estimate of drug-likeness (QED) is 0.716. The number of carbonyl (C=O) groups is 2. The number of benzene rings is 1. The zero-order chi connectivity index (χ0) is 14.4. The molecule has 1 fully saturated rings. The number of hydrogen-bond acceptors (Lipinski definition) is 2. The standard InChI is InChI=1S/C16H21NO3/c18-14(8-4-5-9-15(19)20)17-16(10-11-16)12-13-6-2-1-3-7-13/h1-3,6-7H,4-5,8-12H2,(H,17,18)(H,19,20). The van der Waals surface area contributed by atoms with E-state index in [1.165, 1.54) is 5.56 Å². The molecule has 1 aromatic carbocycles. The van der Waals surface area contributed by atoms with Gasteiger partial charge in [-0.3, -0.25) is 9.59 Å². The van der Waals surface area contributed by atoms with Crippen molar-refractivity contribution >= 4 is 11.9 Å². The topological polar surface area (TPSA) is 66.4 Å². The average molecular weight is 275 g/mol. The lowest BCUT2D eigenvalue weighted by atomic mass is 10.0. The third-order valence-corrected chi connectivity index (χ3v) is 3.69. The minimum Gasteiger partial charge on any atom is -0.481 e. The molecule has 0 saturated heterocycles. The van der Waals surface area contributed by atoms with Gasteiger partial charge >= 0.3 is 5.97 Å². The van der Waals surface area contributed by atoms with Crippen LogP contribution < -0.4 is 5.32 Å². The molecule has 0 aliphatic heterocycles. The summed E-state index contributed by atoms with van der Waals surface area (Å²) in [5, 5.41) is 11.7. The van der Waals surface area contributed by atoms with Crippen molar-refractivity contribution in [3.8, 4) is 0 Å². The molecule has 0 aromatic heterocycles. The van der Waals surface area contributed by atoms with Gasteiger partial charge in [0, 0.05) is 18.4 Å². The Hall–Kier alpha value is -1.84. The Labute approximate surface area is 119 Å². The van der Waals surface area contributed by atoms with Gasteiger partial charge in [-0.1, -0.05) is 30.3 Å². The third kappa shape index (κ3) is 4.68. The molecule has 0 unspecified atom stereocenters. The number of amides is 1. The maximum atomic E-state index is 11.9. The van der Waals surface area contributed by atoms with Crippen LogP contribution >= 0.6 is 0 Å². The van der Waals surface area contributed by atoms with E-state index in [9.17, 15) is 9.59 Å². The molecule has 1 aliphatic rings. The zero-order valence-electron chi connectivity index (χ0n) is 11.6. The van der Waals surface area contributed by atoms with Crippen molar-refractivity contribution in [2.75, 3.05) is 0 Å². The average Bonchev–Trinajstić information content (AvgIpc) is 3.15. The minimum absolute atomic E-state index is 0.0452. The minimum atomic E-state index is -0.798. The van der Waals surface area contributed by atoms with E-state index in [1.54, 1.807) is 0 Å². The molecular formula is C16H21NO3. The van der Waals surface area contributed by atoms with Crippen molar-refractivity contribution in [3.05, 3.63) is 35.9 Å². The molecule has 108 valence electrons. The zero-order valence-corrected chi connectivity index (χ0v) is 11.6. The molecule has 4 heteroatoms. The van der Waals surface area contributed by atoms with Crippen LogP contribution in [-0.2, 0) is 16.0 Å². The Morgan fingerprint density at radius 2 is 1.75 bits per heavy atom. The van der Waals surface area contributed by atoms with Gasteiger partial charge < -0.3 is 10.4 Å². The molecule has 1 aromatic rings. The van der Waals surface area contributed by atoms with Gasteiger partial charge in [-0.25, -0.2) is 0 Å². The summed E-state index contributed by atoms with van der Waals surface area (Å²) in [5.41, 5.74) is 1.20. The number of nitrogens with one attached hydrogen (secondary N) is 1. The van der Waals surface area contributed by atoms with Crippen molar-refractivity contribution in [2.45, 2.75) is 50.5 Å². The van der Waals surface area contributed by atoms with Crippen LogP contribution in [0.5, 0.6) is 0 Å². The van der Waals surface area contributed by atoms with Crippen LogP contribution in [-0.4, -0.2) is 22.5 Å². The molecule has 0 bridgehead atoms. The summed E-state index contributed by atoms with van der Waals surface area (Å²) in [4.78, 5) is 22.3. The summed E-state index contributed by atoms with van der Waals surface area (Å²) < 4.78 is 0. The summed E-state index contributed by atoms with van der Waals surface area (Å²) in [6, 6.07) is 10.2. The second kappa shape index (κ2) is 6.55. The van der Waals surface area contributed by atoms with Gasteiger partial charge in [0.05, 0.1) is 0 Å². The number of rotatable bonds is 8. The van der Waals surface area contributed by atoms with E-state index < -0.39 is 5.97 Å². The number of unbranched alkanes of at least 4 members (excludes halogenated alkanes) is 1. The Morgan fingerprint density at radius 1 is 1.10 bits per heavy atom. The van der Waals surface area contributed by atoms with E-state index in [0.29, 0.717) is 19.3 Å². The van der Waals surface area contributed by atoms with Crippen LogP contribution in [0.3, 0.4) is 0 Å². The molecule has 20 heavy (non-hydrogen) atoms. The third-order valence-electron chi connectivity index (χ3n) is 3.69. The fourth-order valence-electron chi connectivity index (χ4n) is 2.40. The van der Waals surface area contributed by atoms with Crippen LogP contribution in [0.1, 0.15) is 44.1 Å². The van der Waals surface area contributed by atoms with Gasteiger partial charge in [0.2, 0.25) is 5.91 Å². The first-order chi connectivity index (χ1) is 9.60. The molecule has 4 nitrogen and oxygen atoms in total. The van der Waals surface area contributed by atoms with E-state index in [0.717, 1.165) is 19.3 Å². The molecule has 0 radical (unpaired) electrons. The fraction of sp³-hybridized carbons (Fsp3) is 0.500. The lowest BCUT2D eigenvalue weighted by molar-refractivity contribution is -0.137. The summed E-state index contributed by atoms with van der Waals surface area (Å²) >= 11 is 0. The first kappa shape index (κ1) is 14.6. The summed E-state index contributed by atoms with van der Waals surface area (Å²) in [6.45, 7) is 0. The Balaban J connectivity index is 1.72. The van der Waals surface area contributed by atoms with Crippen molar-refractivity contribution in [3.63, 3.8) is 0 Å². The highest BCUT2D eigenvalue weighted by molar-refractivity contribution is 5.77. The van der Waals surface area contributed by atoms with Gasteiger partial charge in [0.25, 0.3) is 0 Å².